The molecule has 0 unspecified atom stereocenters. The Bertz CT molecular complexity index is 1340. The maximum Gasteiger partial charge on any atom is 0.418 e. The summed E-state index contributed by atoms with van der Waals surface area (Å²) in [5, 5.41) is 0. The molecule has 1 atom stereocenters. The van der Waals surface area contributed by atoms with Crippen LogP contribution in [-0.2, 0) is 28.0 Å². The molecule has 4 aromatic rings. The Morgan fingerprint density at radius 2 is 1.76 bits per heavy atom. The normalized spacial score (nSPS) is 18.2. The van der Waals surface area contributed by atoms with Gasteiger partial charge in [0, 0.05) is 17.4 Å². The van der Waals surface area contributed by atoms with Crippen molar-refractivity contribution in [3.05, 3.63) is 100 Å². The third-order valence-electron chi connectivity index (χ3n) is 5.73. The number of amides is 2. The molecule has 8 heteroatoms. The van der Waals surface area contributed by atoms with Crippen LogP contribution < -0.4 is 0 Å². The van der Waals surface area contributed by atoms with E-state index in [2.05, 4.69) is 25.9 Å². The van der Waals surface area contributed by atoms with E-state index in [1.807, 2.05) is 48.5 Å². The summed E-state index contributed by atoms with van der Waals surface area (Å²) in [6, 6.07) is 20.9. The van der Waals surface area contributed by atoms with Crippen LogP contribution in [0.5, 0.6) is 0 Å². The van der Waals surface area contributed by atoms with E-state index in [4.69, 9.17) is 4.74 Å². The summed E-state index contributed by atoms with van der Waals surface area (Å²) < 4.78 is 19.9. The number of benzene rings is 3. The molecule has 1 fully saturated rings. The number of carbonyl (C=O) groups excluding carboxylic acids is 2. The topological polar surface area (TPSA) is 75.3 Å². The molecule has 0 radical (unpaired) electrons. The van der Waals surface area contributed by atoms with Gasteiger partial charge in [-0.1, -0.05) is 58.4 Å². The number of halogens is 2. The number of ether oxygens (including phenoxy) is 1. The molecular formula is C25H19BrFN3O3. The molecule has 1 N–H and O–H groups in total. The minimum atomic E-state index is -1.60. The molecule has 0 saturated carbocycles. The van der Waals surface area contributed by atoms with Crippen molar-refractivity contribution < 1.29 is 18.7 Å². The number of rotatable bonds is 6. The highest BCUT2D eigenvalue weighted by Crippen LogP contribution is 2.37. The molecular weight excluding hydrogens is 489 g/mol. The molecule has 1 saturated heterocycles. The molecule has 0 aliphatic carbocycles. The van der Waals surface area contributed by atoms with Gasteiger partial charge in [-0.25, -0.2) is 19.1 Å². The fraction of sp³-hybridized carbons (Fsp3) is 0.160. The average molecular weight is 508 g/mol. The first-order valence-corrected chi connectivity index (χ1v) is 11.2. The quantitative estimate of drug-likeness (QED) is 0.392. The molecule has 33 heavy (non-hydrogen) atoms. The van der Waals surface area contributed by atoms with E-state index in [0.717, 1.165) is 26.0 Å². The SMILES string of the molecule is O=C1O[C@](Cc2ccccc2)(c2nc3ccc(Br)cc3[nH]2)C(=O)N1CCc1ccc(F)cc1. The number of cyclic esters (lactones) is 1. The number of hydrogen-bond acceptors (Lipinski definition) is 4. The van der Waals surface area contributed by atoms with E-state index in [-0.39, 0.29) is 24.6 Å². The van der Waals surface area contributed by atoms with E-state index in [1.54, 1.807) is 12.1 Å². The molecule has 166 valence electrons. The van der Waals surface area contributed by atoms with Crippen molar-refractivity contribution >= 4 is 39.0 Å². The van der Waals surface area contributed by atoms with Gasteiger partial charge < -0.3 is 9.72 Å². The number of nitrogens with one attached hydrogen (secondary N) is 1. The minimum absolute atomic E-state index is 0.117. The van der Waals surface area contributed by atoms with Crippen molar-refractivity contribution in [3.63, 3.8) is 0 Å². The van der Waals surface area contributed by atoms with Crippen LogP contribution in [0.4, 0.5) is 9.18 Å². The molecule has 1 aliphatic heterocycles. The van der Waals surface area contributed by atoms with Crippen LogP contribution in [0.25, 0.3) is 11.0 Å². The van der Waals surface area contributed by atoms with E-state index in [9.17, 15) is 14.0 Å². The smallest absolute Gasteiger partial charge is 0.418 e. The van der Waals surface area contributed by atoms with Gasteiger partial charge in [-0.15, -0.1) is 0 Å². The first-order chi connectivity index (χ1) is 15.9. The Morgan fingerprint density at radius 3 is 2.52 bits per heavy atom. The van der Waals surface area contributed by atoms with Crippen molar-refractivity contribution in [1.29, 1.82) is 0 Å². The first-order valence-electron chi connectivity index (χ1n) is 10.4. The maximum absolute atomic E-state index is 13.7. The van der Waals surface area contributed by atoms with Crippen molar-refractivity contribution in [2.24, 2.45) is 0 Å². The maximum atomic E-state index is 13.7. The zero-order chi connectivity index (χ0) is 23.0. The highest BCUT2D eigenvalue weighted by atomic mass is 79.9. The zero-order valence-electron chi connectivity index (χ0n) is 17.4. The predicted molar refractivity (Wildman–Crippen MR) is 124 cm³/mol. The van der Waals surface area contributed by atoms with E-state index >= 15 is 0 Å². The molecule has 1 aromatic heterocycles. The molecule has 5 rings (SSSR count). The molecule has 6 nitrogen and oxygen atoms in total. The van der Waals surface area contributed by atoms with Crippen molar-refractivity contribution in [2.45, 2.75) is 18.4 Å². The monoisotopic (exact) mass is 507 g/mol. The lowest BCUT2D eigenvalue weighted by Crippen LogP contribution is -2.42. The third-order valence-corrected chi connectivity index (χ3v) is 6.23. The van der Waals surface area contributed by atoms with E-state index in [0.29, 0.717) is 11.9 Å². The van der Waals surface area contributed by atoms with Crippen LogP contribution >= 0.6 is 15.9 Å². The Balaban J connectivity index is 1.51. The number of nitrogens with zero attached hydrogens (tertiary/aromatic N) is 2. The summed E-state index contributed by atoms with van der Waals surface area (Å²) in [5.74, 6) is -0.535. The average Bonchev–Trinajstić information content (AvgIpc) is 3.33. The molecule has 0 bridgehead atoms. The van der Waals surface area contributed by atoms with Gasteiger partial charge in [0.05, 0.1) is 11.0 Å². The number of carbonyl (C=O) groups is 2. The lowest BCUT2D eigenvalue weighted by atomic mass is 9.92. The van der Waals surface area contributed by atoms with Gasteiger partial charge in [-0.2, -0.15) is 0 Å². The van der Waals surface area contributed by atoms with Gasteiger partial charge in [0.1, 0.15) is 5.82 Å². The van der Waals surface area contributed by atoms with Gasteiger partial charge in [0.25, 0.3) is 11.5 Å². The van der Waals surface area contributed by atoms with Crippen molar-refractivity contribution in [2.75, 3.05) is 6.54 Å². The number of H-pyrrole nitrogens is 1. The van der Waals surface area contributed by atoms with Crippen molar-refractivity contribution in [1.82, 2.24) is 14.9 Å². The second kappa shape index (κ2) is 8.44. The Labute approximate surface area is 197 Å². The van der Waals surface area contributed by atoms with E-state index in [1.165, 1.54) is 12.1 Å². The minimum Gasteiger partial charge on any atom is -0.424 e. The second-order valence-electron chi connectivity index (χ2n) is 7.94. The molecule has 3 aromatic carbocycles. The molecule has 2 heterocycles. The predicted octanol–water partition coefficient (Wildman–Crippen LogP) is 5.12. The van der Waals surface area contributed by atoms with Crippen LogP contribution in [0.3, 0.4) is 0 Å². The Kier molecular flexibility index (Phi) is 5.46. The lowest BCUT2D eigenvalue weighted by molar-refractivity contribution is -0.138. The van der Waals surface area contributed by atoms with Crippen LogP contribution in [0.15, 0.2) is 77.3 Å². The summed E-state index contributed by atoms with van der Waals surface area (Å²) in [4.78, 5) is 35.5. The number of imide groups is 1. The van der Waals surface area contributed by atoms with Gasteiger partial charge in [0.15, 0.2) is 5.82 Å². The van der Waals surface area contributed by atoms with Crippen LogP contribution in [0.1, 0.15) is 17.0 Å². The zero-order valence-corrected chi connectivity index (χ0v) is 19.0. The molecule has 1 aliphatic rings. The molecule has 0 spiro atoms. The lowest BCUT2D eigenvalue weighted by Gasteiger charge is -2.23. The van der Waals surface area contributed by atoms with Crippen molar-refractivity contribution in [3.8, 4) is 0 Å². The molecule has 2 amide bonds. The summed E-state index contributed by atoms with van der Waals surface area (Å²) in [7, 11) is 0. The second-order valence-corrected chi connectivity index (χ2v) is 8.85. The largest absolute Gasteiger partial charge is 0.424 e. The summed E-state index contributed by atoms with van der Waals surface area (Å²) in [5.41, 5.74) is 1.42. The summed E-state index contributed by atoms with van der Waals surface area (Å²) >= 11 is 3.44. The van der Waals surface area contributed by atoms with Crippen LogP contribution in [0.2, 0.25) is 0 Å². The van der Waals surface area contributed by atoms with Gasteiger partial charge in [-0.05, 0) is 47.9 Å². The van der Waals surface area contributed by atoms with Crippen LogP contribution in [0, 0.1) is 5.82 Å². The number of imidazole rings is 1. The summed E-state index contributed by atoms with van der Waals surface area (Å²) in [6.45, 7) is 0.117. The number of fused-ring (bicyclic) bond motifs is 1. The van der Waals surface area contributed by atoms with Crippen LogP contribution in [-0.4, -0.2) is 33.4 Å². The summed E-state index contributed by atoms with van der Waals surface area (Å²) in [6.07, 6.45) is -0.193. The Hall–Kier alpha value is -3.52. The van der Waals surface area contributed by atoms with Gasteiger partial charge in [-0.3, -0.25) is 4.79 Å². The van der Waals surface area contributed by atoms with Gasteiger partial charge >= 0.3 is 6.09 Å². The highest BCUT2D eigenvalue weighted by molar-refractivity contribution is 9.10. The number of hydrogen-bond donors (Lipinski definition) is 1. The fourth-order valence-electron chi connectivity index (χ4n) is 4.03. The van der Waals surface area contributed by atoms with Gasteiger partial charge in [0.2, 0.25) is 0 Å². The Morgan fingerprint density at radius 1 is 1.00 bits per heavy atom. The first kappa shape index (κ1) is 21.3. The third kappa shape index (κ3) is 4.02. The standard InChI is InChI=1S/C25H19BrFN3O3/c26-18-8-11-20-21(14-18)29-22(28-20)25(15-17-4-2-1-3-5-17)23(31)30(24(32)33-25)13-12-16-6-9-19(27)10-7-16/h1-11,14H,12-13,15H2,(H,28,29)/t25-/m1/s1. The number of aromatic amines is 1. The number of aromatic nitrogens is 2. The fourth-order valence-corrected chi connectivity index (χ4v) is 4.40. The van der Waals surface area contributed by atoms with E-state index < -0.39 is 17.6 Å². The highest BCUT2D eigenvalue weighted by Gasteiger charge is 2.57.